The molecule has 0 saturated heterocycles. The van der Waals surface area contributed by atoms with Crippen molar-refractivity contribution < 1.29 is 9.53 Å². The number of amides is 1. The number of rotatable bonds is 4. The quantitative estimate of drug-likeness (QED) is 0.788. The molecule has 1 rings (SSSR count). The Bertz CT molecular complexity index is 414. The number of ether oxygens (including phenoxy) is 1. The van der Waals surface area contributed by atoms with Crippen LogP contribution in [0, 0.1) is 0 Å². The second kappa shape index (κ2) is 5.08. The van der Waals surface area contributed by atoms with Crippen LogP contribution in [0.2, 0.25) is 0 Å². The van der Waals surface area contributed by atoms with E-state index < -0.39 is 0 Å². The van der Waals surface area contributed by atoms with Gasteiger partial charge in [-0.2, -0.15) is 0 Å². The first kappa shape index (κ1) is 13.4. The number of carbonyl (C=O) groups is 1. The Kier molecular flexibility index (Phi) is 3.99. The van der Waals surface area contributed by atoms with Crippen molar-refractivity contribution in [3.63, 3.8) is 0 Å². The fraction of sp³-hybridized carbons (Fsp3) is 0.462. The molecule has 0 atom stereocenters. The molecule has 94 valence electrons. The van der Waals surface area contributed by atoms with Crippen molar-refractivity contribution in [2.45, 2.75) is 32.7 Å². The Labute approximate surface area is 102 Å². The average molecular weight is 236 g/mol. The molecule has 1 aromatic rings. The first-order chi connectivity index (χ1) is 7.91. The highest BCUT2D eigenvalue weighted by Gasteiger charge is 2.21. The molecule has 0 aliphatic carbocycles. The maximum atomic E-state index is 12.1. The predicted octanol–water partition coefficient (Wildman–Crippen LogP) is 2.20. The van der Waals surface area contributed by atoms with Crippen LogP contribution in [0.3, 0.4) is 0 Å². The zero-order chi connectivity index (χ0) is 13.1. The number of hydrogen-bond acceptors (Lipinski definition) is 3. The normalized spacial score (nSPS) is 11.1. The van der Waals surface area contributed by atoms with Gasteiger partial charge in [-0.1, -0.05) is 13.0 Å². The van der Waals surface area contributed by atoms with E-state index in [-0.39, 0.29) is 11.4 Å². The zero-order valence-electron chi connectivity index (χ0n) is 10.8. The summed E-state index contributed by atoms with van der Waals surface area (Å²) < 4.78 is 5.16. The van der Waals surface area contributed by atoms with E-state index in [0.29, 0.717) is 17.0 Å². The van der Waals surface area contributed by atoms with Crippen molar-refractivity contribution in [3.8, 4) is 5.75 Å². The van der Waals surface area contributed by atoms with E-state index >= 15 is 0 Å². The van der Waals surface area contributed by atoms with E-state index in [4.69, 9.17) is 10.5 Å². The molecule has 4 heteroatoms. The summed E-state index contributed by atoms with van der Waals surface area (Å²) in [5, 5.41) is 2.95. The van der Waals surface area contributed by atoms with Gasteiger partial charge in [-0.05, 0) is 32.4 Å². The summed E-state index contributed by atoms with van der Waals surface area (Å²) in [6.45, 7) is 5.98. The molecule has 0 aliphatic rings. The third kappa shape index (κ3) is 3.12. The van der Waals surface area contributed by atoms with E-state index in [0.717, 1.165) is 6.42 Å². The van der Waals surface area contributed by atoms with E-state index in [1.165, 1.54) is 7.11 Å². The maximum absolute atomic E-state index is 12.1. The minimum Gasteiger partial charge on any atom is -0.494 e. The van der Waals surface area contributed by atoms with Crippen molar-refractivity contribution >= 4 is 11.6 Å². The molecule has 0 bridgehead atoms. The molecule has 0 unspecified atom stereocenters. The van der Waals surface area contributed by atoms with Crippen LogP contribution >= 0.6 is 0 Å². The highest BCUT2D eigenvalue weighted by molar-refractivity contribution is 5.99. The van der Waals surface area contributed by atoms with E-state index in [9.17, 15) is 4.79 Å². The average Bonchev–Trinajstić information content (AvgIpc) is 2.28. The minimum absolute atomic E-state index is 0.166. The summed E-state index contributed by atoms with van der Waals surface area (Å²) in [5.41, 5.74) is 6.45. The fourth-order valence-electron chi connectivity index (χ4n) is 1.42. The molecule has 0 radical (unpaired) electrons. The number of para-hydroxylation sites is 1. The number of carbonyl (C=O) groups excluding carboxylic acids is 1. The summed E-state index contributed by atoms with van der Waals surface area (Å²) in [7, 11) is 1.51. The maximum Gasteiger partial charge on any atom is 0.255 e. The number of nitrogens with two attached hydrogens (primary N) is 1. The van der Waals surface area contributed by atoms with Gasteiger partial charge in [0.25, 0.3) is 5.91 Å². The van der Waals surface area contributed by atoms with E-state index in [2.05, 4.69) is 5.32 Å². The molecule has 0 fully saturated rings. The Morgan fingerprint density at radius 3 is 2.65 bits per heavy atom. The van der Waals surface area contributed by atoms with Crippen molar-refractivity contribution in [2.24, 2.45) is 0 Å². The van der Waals surface area contributed by atoms with Gasteiger partial charge in [0.05, 0.1) is 18.4 Å². The predicted molar refractivity (Wildman–Crippen MR) is 69.2 cm³/mol. The van der Waals surface area contributed by atoms with Crippen LogP contribution in [-0.2, 0) is 0 Å². The molecule has 0 spiro atoms. The second-order valence-corrected chi connectivity index (χ2v) is 4.62. The molecular formula is C13H20N2O2. The van der Waals surface area contributed by atoms with Crippen LogP contribution < -0.4 is 15.8 Å². The number of anilines is 1. The molecule has 0 aromatic heterocycles. The molecule has 1 aromatic carbocycles. The van der Waals surface area contributed by atoms with Crippen LogP contribution in [0.1, 0.15) is 37.6 Å². The van der Waals surface area contributed by atoms with Gasteiger partial charge < -0.3 is 15.8 Å². The third-order valence-electron chi connectivity index (χ3n) is 2.83. The Balaban J connectivity index is 3.01. The lowest BCUT2D eigenvalue weighted by molar-refractivity contribution is 0.0908. The van der Waals surface area contributed by atoms with Crippen molar-refractivity contribution in [3.05, 3.63) is 23.8 Å². The third-order valence-corrected chi connectivity index (χ3v) is 2.83. The largest absolute Gasteiger partial charge is 0.494 e. The van der Waals surface area contributed by atoms with Crippen LogP contribution in [0.4, 0.5) is 5.69 Å². The van der Waals surface area contributed by atoms with Gasteiger partial charge in [0.15, 0.2) is 5.75 Å². The second-order valence-electron chi connectivity index (χ2n) is 4.62. The first-order valence-electron chi connectivity index (χ1n) is 5.66. The van der Waals surface area contributed by atoms with Crippen LogP contribution in [-0.4, -0.2) is 18.6 Å². The van der Waals surface area contributed by atoms with Gasteiger partial charge >= 0.3 is 0 Å². The molecule has 0 saturated carbocycles. The lowest BCUT2D eigenvalue weighted by atomic mass is 10.0. The van der Waals surface area contributed by atoms with E-state index in [1.807, 2.05) is 20.8 Å². The standard InChI is InChI=1S/C13H20N2O2/c1-5-13(2,3)15-12(16)9-7-6-8-10(14)11(9)17-4/h6-8H,5,14H2,1-4H3,(H,15,16). The lowest BCUT2D eigenvalue weighted by Crippen LogP contribution is -2.42. The fourth-order valence-corrected chi connectivity index (χ4v) is 1.42. The van der Waals surface area contributed by atoms with Gasteiger partial charge in [-0.15, -0.1) is 0 Å². The lowest BCUT2D eigenvalue weighted by Gasteiger charge is -2.25. The van der Waals surface area contributed by atoms with Crippen molar-refractivity contribution in [2.75, 3.05) is 12.8 Å². The van der Waals surface area contributed by atoms with Gasteiger partial charge in [-0.3, -0.25) is 4.79 Å². The van der Waals surface area contributed by atoms with Gasteiger partial charge in [0.1, 0.15) is 0 Å². The summed E-state index contributed by atoms with van der Waals surface area (Å²) >= 11 is 0. The SMILES string of the molecule is CCC(C)(C)NC(=O)c1cccc(N)c1OC. The number of hydrogen-bond donors (Lipinski definition) is 2. The Morgan fingerprint density at radius 1 is 1.47 bits per heavy atom. The first-order valence-corrected chi connectivity index (χ1v) is 5.66. The van der Waals surface area contributed by atoms with Gasteiger partial charge in [0.2, 0.25) is 0 Å². The molecule has 0 heterocycles. The smallest absolute Gasteiger partial charge is 0.255 e. The highest BCUT2D eigenvalue weighted by atomic mass is 16.5. The number of nitrogen functional groups attached to an aromatic ring is 1. The van der Waals surface area contributed by atoms with Gasteiger partial charge in [-0.25, -0.2) is 0 Å². The summed E-state index contributed by atoms with van der Waals surface area (Å²) in [6, 6.07) is 5.16. The Morgan fingerprint density at radius 2 is 2.12 bits per heavy atom. The molecule has 0 aliphatic heterocycles. The van der Waals surface area contributed by atoms with Crippen molar-refractivity contribution in [1.29, 1.82) is 0 Å². The summed E-state index contributed by atoms with van der Waals surface area (Å²) in [4.78, 5) is 12.1. The van der Waals surface area contributed by atoms with Crippen LogP contribution in [0.15, 0.2) is 18.2 Å². The van der Waals surface area contributed by atoms with Crippen molar-refractivity contribution in [1.82, 2.24) is 5.32 Å². The number of nitrogens with one attached hydrogen (secondary N) is 1. The number of benzene rings is 1. The topological polar surface area (TPSA) is 64.4 Å². The highest BCUT2D eigenvalue weighted by Crippen LogP contribution is 2.26. The zero-order valence-corrected chi connectivity index (χ0v) is 10.8. The van der Waals surface area contributed by atoms with E-state index in [1.54, 1.807) is 18.2 Å². The van der Waals surface area contributed by atoms with Gasteiger partial charge in [0, 0.05) is 5.54 Å². The van der Waals surface area contributed by atoms with Crippen LogP contribution in [0.25, 0.3) is 0 Å². The molecule has 4 nitrogen and oxygen atoms in total. The summed E-state index contributed by atoms with van der Waals surface area (Å²) in [6.07, 6.45) is 0.851. The summed E-state index contributed by atoms with van der Waals surface area (Å²) in [5.74, 6) is 0.262. The van der Waals surface area contributed by atoms with Crippen LogP contribution in [0.5, 0.6) is 5.75 Å². The number of methoxy groups -OCH3 is 1. The molecule has 1 amide bonds. The Hall–Kier alpha value is -1.71. The minimum atomic E-state index is -0.243. The molecule has 3 N–H and O–H groups in total. The molecule has 17 heavy (non-hydrogen) atoms. The molecular weight excluding hydrogens is 216 g/mol. The monoisotopic (exact) mass is 236 g/mol.